The third-order valence-electron chi connectivity index (χ3n) is 5.04. The van der Waals surface area contributed by atoms with Crippen molar-refractivity contribution in [2.24, 2.45) is 5.92 Å². The lowest BCUT2D eigenvalue weighted by molar-refractivity contribution is -0.154. The van der Waals surface area contributed by atoms with Crippen LogP contribution in [0.5, 0.6) is 0 Å². The van der Waals surface area contributed by atoms with E-state index in [1.807, 2.05) is 30.3 Å². The van der Waals surface area contributed by atoms with Crippen LogP contribution in [0.15, 0.2) is 53.1 Å². The molecule has 8 heteroatoms. The second kappa shape index (κ2) is 9.96. The zero-order valence-electron chi connectivity index (χ0n) is 17.2. The number of para-hydroxylation sites is 1. The van der Waals surface area contributed by atoms with Crippen LogP contribution in [0.25, 0.3) is 0 Å². The molecule has 1 aliphatic rings. The summed E-state index contributed by atoms with van der Waals surface area (Å²) in [5.41, 5.74) is 1.13. The molecule has 2 aromatic rings. The monoisotopic (exact) mass is 413 g/mol. The van der Waals surface area contributed by atoms with Gasteiger partial charge in [0.25, 0.3) is 11.8 Å². The smallest absolute Gasteiger partial charge is 0.329 e. The maximum absolute atomic E-state index is 12.5. The number of piperazine rings is 1. The summed E-state index contributed by atoms with van der Waals surface area (Å²) in [4.78, 5) is 41.0. The maximum Gasteiger partial charge on any atom is 0.329 e. The maximum atomic E-state index is 12.5. The number of amides is 2. The first-order chi connectivity index (χ1) is 14.5. The Hall–Kier alpha value is -3.29. The van der Waals surface area contributed by atoms with Gasteiger partial charge in [-0.1, -0.05) is 32.0 Å². The Morgan fingerprint density at radius 1 is 1.03 bits per heavy atom. The number of nitrogens with one attached hydrogen (secondary N) is 1. The summed E-state index contributed by atoms with van der Waals surface area (Å²) in [5.74, 6) is -1.47. The van der Waals surface area contributed by atoms with Crippen molar-refractivity contribution in [2.45, 2.75) is 19.9 Å². The number of anilines is 1. The molecule has 0 radical (unpaired) electrons. The van der Waals surface area contributed by atoms with E-state index in [9.17, 15) is 14.4 Å². The van der Waals surface area contributed by atoms with Gasteiger partial charge in [-0.3, -0.25) is 9.59 Å². The second-order valence-electron chi connectivity index (χ2n) is 7.48. The Morgan fingerprint density at radius 2 is 1.73 bits per heavy atom. The van der Waals surface area contributed by atoms with Gasteiger partial charge in [0.1, 0.15) is 6.04 Å². The Bertz CT molecular complexity index is 843. The van der Waals surface area contributed by atoms with Crippen molar-refractivity contribution in [1.82, 2.24) is 10.2 Å². The van der Waals surface area contributed by atoms with Crippen molar-refractivity contribution in [3.8, 4) is 0 Å². The molecule has 3 rings (SSSR count). The molecular weight excluding hydrogens is 386 g/mol. The van der Waals surface area contributed by atoms with E-state index in [0.29, 0.717) is 13.1 Å². The van der Waals surface area contributed by atoms with E-state index in [4.69, 9.17) is 9.15 Å². The van der Waals surface area contributed by atoms with E-state index in [-0.39, 0.29) is 24.2 Å². The highest BCUT2D eigenvalue weighted by Gasteiger charge is 2.29. The number of carbonyl (C=O) groups is 3. The van der Waals surface area contributed by atoms with Gasteiger partial charge < -0.3 is 24.3 Å². The molecule has 0 spiro atoms. The summed E-state index contributed by atoms with van der Waals surface area (Å²) in [7, 11) is 0. The number of hydrogen-bond acceptors (Lipinski definition) is 6. The van der Waals surface area contributed by atoms with E-state index in [0.717, 1.165) is 18.8 Å². The number of rotatable bonds is 7. The Kier molecular flexibility index (Phi) is 7.11. The number of hydrogen-bond donors (Lipinski definition) is 1. The number of benzene rings is 1. The molecule has 2 amide bonds. The minimum atomic E-state index is -0.870. The third-order valence-corrected chi connectivity index (χ3v) is 5.04. The van der Waals surface area contributed by atoms with E-state index < -0.39 is 17.9 Å². The molecule has 8 nitrogen and oxygen atoms in total. The number of furan rings is 1. The molecule has 0 bridgehead atoms. The molecule has 30 heavy (non-hydrogen) atoms. The lowest BCUT2D eigenvalue weighted by Crippen LogP contribution is -2.50. The standard InChI is InChI=1S/C22H27N3O5/c1-16(2)20(23-21(27)18-9-6-14-29-18)22(28)30-15-19(26)25-12-10-24(11-13-25)17-7-4-3-5-8-17/h3-9,14,16,20H,10-13,15H2,1-2H3,(H,23,27)/t20-/m0/s1. The van der Waals surface area contributed by atoms with Gasteiger partial charge in [-0.15, -0.1) is 0 Å². The topological polar surface area (TPSA) is 92.1 Å². The second-order valence-corrected chi connectivity index (χ2v) is 7.48. The molecule has 1 aromatic heterocycles. The molecule has 160 valence electrons. The van der Waals surface area contributed by atoms with Crippen molar-refractivity contribution < 1.29 is 23.5 Å². The molecular formula is C22H27N3O5. The van der Waals surface area contributed by atoms with Crippen LogP contribution in [0, 0.1) is 5.92 Å². The minimum absolute atomic E-state index is 0.112. The van der Waals surface area contributed by atoms with E-state index in [1.54, 1.807) is 24.8 Å². The van der Waals surface area contributed by atoms with Crippen molar-refractivity contribution in [3.05, 3.63) is 54.5 Å². The Labute approximate surface area is 175 Å². The normalized spacial score (nSPS) is 15.0. The van der Waals surface area contributed by atoms with Gasteiger partial charge in [0.15, 0.2) is 12.4 Å². The van der Waals surface area contributed by atoms with Crippen LogP contribution < -0.4 is 10.2 Å². The quantitative estimate of drug-likeness (QED) is 0.698. The molecule has 1 aromatic carbocycles. The molecule has 1 aliphatic heterocycles. The zero-order valence-corrected chi connectivity index (χ0v) is 17.2. The van der Waals surface area contributed by atoms with Crippen LogP contribution in [0.3, 0.4) is 0 Å². The molecule has 1 atom stereocenters. The third kappa shape index (κ3) is 5.40. The van der Waals surface area contributed by atoms with Crippen LogP contribution in [0.1, 0.15) is 24.4 Å². The largest absolute Gasteiger partial charge is 0.459 e. The molecule has 0 aliphatic carbocycles. The van der Waals surface area contributed by atoms with E-state index >= 15 is 0 Å². The van der Waals surface area contributed by atoms with Gasteiger partial charge in [0, 0.05) is 31.9 Å². The van der Waals surface area contributed by atoms with Crippen molar-refractivity contribution in [3.63, 3.8) is 0 Å². The zero-order chi connectivity index (χ0) is 21.5. The van der Waals surface area contributed by atoms with Crippen LogP contribution >= 0.6 is 0 Å². The van der Waals surface area contributed by atoms with Gasteiger partial charge in [0.05, 0.1) is 6.26 Å². The average Bonchev–Trinajstić information content (AvgIpc) is 3.31. The SMILES string of the molecule is CC(C)[C@H](NC(=O)c1ccco1)C(=O)OCC(=O)N1CCN(c2ccccc2)CC1. The predicted molar refractivity (Wildman–Crippen MR) is 111 cm³/mol. The molecule has 1 saturated heterocycles. The fourth-order valence-corrected chi connectivity index (χ4v) is 3.28. The Morgan fingerprint density at radius 3 is 2.33 bits per heavy atom. The lowest BCUT2D eigenvalue weighted by Gasteiger charge is -2.36. The summed E-state index contributed by atoms with van der Waals surface area (Å²) in [6.45, 7) is 5.80. The highest BCUT2D eigenvalue weighted by molar-refractivity contribution is 5.94. The van der Waals surface area contributed by atoms with Crippen LogP contribution in [0.4, 0.5) is 5.69 Å². The fraction of sp³-hybridized carbons (Fsp3) is 0.409. The lowest BCUT2D eigenvalue weighted by atomic mass is 10.0. The molecule has 2 heterocycles. The molecule has 0 unspecified atom stereocenters. The number of ether oxygens (including phenoxy) is 1. The first-order valence-corrected chi connectivity index (χ1v) is 10.0. The van der Waals surface area contributed by atoms with Crippen molar-refractivity contribution in [2.75, 3.05) is 37.7 Å². The van der Waals surface area contributed by atoms with Gasteiger partial charge in [0.2, 0.25) is 0 Å². The summed E-state index contributed by atoms with van der Waals surface area (Å²) >= 11 is 0. The van der Waals surface area contributed by atoms with Gasteiger partial charge in [-0.05, 0) is 30.2 Å². The highest BCUT2D eigenvalue weighted by atomic mass is 16.5. The van der Waals surface area contributed by atoms with Gasteiger partial charge in [-0.25, -0.2) is 4.79 Å². The Balaban J connectivity index is 1.47. The fourth-order valence-electron chi connectivity index (χ4n) is 3.28. The van der Waals surface area contributed by atoms with Gasteiger partial charge >= 0.3 is 5.97 Å². The number of nitrogens with zero attached hydrogens (tertiary/aromatic N) is 2. The first-order valence-electron chi connectivity index (χ1n) is 10.0. The predicted octanol–water partition coefficient (Wildman–Crippen LogP) is 1.93. The summed E-state index contributed by atoms with van der Waals surface area (Å²) in [6, 6.07) is 12.3. The van der Waals surface area contributed by atoms with Gasteiger partial charge in [-0.2, -0.15) is 0 Å². The average molecular weight is 413 g/mol. The molecule has 1 N–H and O–H groups in total. The molecule has 0 saturated carbocycles. The van der Waals surface area contributed by atoms with Crippen molar-refractivity contribution >= 4 is 23.5 Å². The van der Waals surface area contributed by atoms with Crippen LogP contribution in [-0.4, -0.2) is 61.5 Å². The van der Waals surface area contributed by atoms with Crippen LogP contribution in [-0.2, 0) is 14.3 Å². The summed E-state index contributed by atoms with van der Waals surface area (Å²) in [5, 5.41) is 2.61. The molecule has 1 fully saturated rings. The van der Waals surface area contributed by atoms with E-state index in [1.165, 1.54) is 12.3 Å². The summed E-state index contributed by atoms with van der Waals surface area (Å²) in [6.07, 6.45) is 1.38. The van der Waals surface area contributed by atoms with E-state index in [2.05, 4.69) is 10.2 Å². The number of esters is 1. The summed E-state index contributed by atoms with van der Waals surface area (Å²) < 4.78 is 10.3. The first kappa shape index (κ1) is 21.4. The highest BCUT2D eigenvalue weighted by Crippen LogP contribution is 2.15. The van der Waals surface area contributed by atoms with Crippen molar-refractivity contribution in [1.29, 1.82) is 0 Å². The number of carbonyl (C=O) groups excluding carboxylic acids is 3. The van der Waals surface area contributed by atoms with Crippen LogP contribution in [0.2, 0.25) is 0 Å². The minimum Gasteiger partial charge on any atom is -0.459 e.